The van der Waals surface area contributed by atoms with Gasteiger partial charge in [-0.15, -0.1) is 0 Å². The van der Waals surface area contributed by atoms with E-state index in [0.29, 0.717) is 6.61 Å². The van der Waals surface area contributed by atoms with E-state index in [1.807, 2.05) is 0 Å². The first kappa shape index (κ1) is 9.23. The molecule has 0 unspecified atom stereocenters. The van der Waals surface area contributed by atoms with Crippen LogP contribution in [0.3, 0.4) is 0 Å². The van der Waals surface area contributed by atoms with Crippen molar-refractivity contribution in [3.63, 3.8) is 0 Å². The lowest BCUT2D eigenvalue weighted by Gasteiger charge is -1.98. The lowest BCUT2D eigenvalue weighted by atomic mass is 10.4. The summed E-state index contributed by atoms with van der Waals surface area (Å²) in [6.07, 6.45) is -0.0443. The summed E-state index contributed by atoms with van der Waals surface area (Å²) in [6.45, 7) is 2.06. The number of ether oxygens (including phenoxy) is 1. The van der Waals surface area contributed by atoms with E-state index in [4.69, 9.17) is 17.5 Å². The van der Waals surface area contributed by atoms with Gasteiger partial charge < -0.3 is 10.5 Å². The van der Waals surface area contributed by atoms with Crippen molar-refractivity contribution in [3.8, 4) is 0 Å². The molecule has 0 aliphatic carbocycles. The molecule has 0 aliphatic heterocycles. The van der Waals surface area contributed by atoms with Crippen LogP contribution < -0.4 is 5.73 Å². The average Bonchev–Trinajstić information content (AvgIpc) is 1.88. The van der Waals surface area contributed by atoms with Crippen molar-refractivity contribution in [1.29, 1.82) is 0 Å². The molecule has 2 N–H and O–H groups in total. The minimum atomic E-state index is -0.413. The molecule has 0 saturated heterocycles. The van der Waals surface area contributed by atoms with Crippen LogP contribution in [0, 0.1) is 0 Å². The second kappa shape index (κ2) is 5.05. The summed E-state index contributed by atoms with van der Waals surface area (Å²) in [7, 11) is 0. The van der Waals surface area contributed by atoms with Crippen molar-refractivity contribution in [3.05, 3.63) is 0 Å². The van der Waals surface area contributed by atoms with Gasteiger partial charge in [-0.1, -0.05) is 0 Å². The molecule has 4 nitrogen and oxygen atoms in total. The Morgan fingerprint density at radius 1 is 1.80 bits per heavy atom. The van der Waals surface area contributed by atoms with Gasteiger partial charge in [-0.2, -0.15) is 4.51 Å². The third-order valence-electron chi connectivity index (χ3n) is 0.739. The van der Waals surface area contributed by atoms with Crippen molar-refractivity contribution < 1.29 is 9.53 Å². The lowest BCUT2D eigenvalue weighted by Crippen LogP contribution is -2.17. The highest BCUT2D eigenvalue weighted by atomic mass is 35.5. The predicted octanol–water partition coefficient (Wildman–Crippen LogP) is 0.451. The number of nitrogens with two attached hydrogens (primary N) is 1. The Morgan fingerprint density at radius 3 is 2.80 bits per heavy atom. The summed E-state index contributed by atoms with van der Waals surface area (Å²) in [4.78, 5) is 10.6. The molecule has 0 saturated carbocycles. The highest BCUT2D eigenvalue weighted by Crippen LogP contribution is 1.88. The Bertz CT molecular complexity index is 147. The second-order valence-electron chi connectivity index (χ2n) is 1.56. The van der Waals surface area contributed by atoms with E-state index in [1.54, 1.807) is 6.92 Å². The molecule has 0 heterocycles. The molecule has 0 amide bonds. The van der Waals surface area contributed by atoms with Crippen molar-refractivity contribution in [1.82, 2.24) is 0 Å². The maximum Gasteiger partial charge on any atom is 0.313 e. The topological polar surface area (TPSA) is 64.7 Å². The van der Waals surface area contributed by atoms with Gasteiger partial charge in [-0.05, 0) is 6.92 Å². The van der Waals surface area contributed by atoms with Gasteiger partial charge in [0.15, 0.2) is 0 Å². The third-order valence-corrected chi connectivity index (χ3v) is 0.956. The summed E-state index contributed by atoms with van der Waals surface area (Å²) >= 11 is 4.95. The van der Waals surface area contributed by atoms with Crippen molar-refractivity contribution in [2.45, 2.75) is 13.3 Å². The fourth-order valence-electron chi connectivity index (χ4n) is 0.390. The van der Waals surface area contributed by atoms with Gasteiger partial charge in [0.25, 0.3) is 0 Å². The van der Waals surface area contributed by atoms with Crippen molar-refractivity contribution in [2.24, 2.45) is 10.2 Å². The van der Waals surface area contributed by atoms with Crippen LogP contribution in [0.1, 0.15) is 13.3 Å². The number of hydrogen-bond donors (Lipinski definition) is 1. The molecule has 5 heteroatoms. The maximum absolute atomic E-state index is 10.6. The van der Waals surface area contributed by atoms with E-state index in [1.165, 1.54) is 0 Å². The van der Waals surface area contributed by atoms with Crippen LogP contribution in [0.25, 0.3) is 0 Å². The zero-order valence-corrected chi connectivity index (χ0v) is 6.39. The number of amidine groups is 1. The molecule has 0 bridgehead atoms. The summed E-state index contributed by atoms with van der Waals surface area (Å²) < 4.78 is 7.63. The minimum absolute atomic E-state index is 0.0443. The molecule has 0 aliphatic rings. The Kier molecular flexibility index (Phi) is 4.66. The average molecular weight is 165 g/mol. The zero-order valence-electron chi connectivity index (χ0n) is 5.63. The second-order valence-corrected chi connectivity index (χ2v) is 1.73. The van der Waals surface area contributed by atoms with Crippen LogP contribution in [-0.4, -0.2) is 18.4 Å². The van der Waals surface area contributed by atoms with Gasteiger partial charge in [0.1, 0.15) is 12.3 Å². The molecular formula is C5H9ClN2O2. The van der Waals surface area contributed by atoms with Gasteiger partial charge in [-0.3, -0.25) is 4.79 Å². The first-order chi connectivity index (χ1) is 4.70. The van der Waals surface area contributed by atoms with E-state index >= 15 is 0 Å². The molecular weight excluding hydrogens is 156 g/mol. The van der Waals surface area contributed by atoms with E-state index in [-0.39, 0.29) is 12.3 Å². The summed E-state index contributed by atoms with van der Waals surface area (Å²) in [6, 6.07) is 0. The largest absolute Gasteiger partial charge is 0.466 e. The van der Waals surface area contributed by atoms with E-state index in [2.05, 4.69) is 9.25 Å². The number of carbonyl (C=O) groups excluding carboxylic acids is 1. The van der Waals surface area contributed by atoms with E-state index in [9.17, 15) is 4.79 Å². The smallest absolute Gasteiger partial charge is 0.313 e. The van der Waals surface area contributed by atoms with Gasteiger partial charge >= 0.3 is 5.97 Å². The lowest BCUT2D eigenvalue weighted by molar-refractivity contribution is -0.141. The van der Waals surface area contributed by atoms with Gasteiger partial charge in [0.05, 0.1) is 6.61 Å². The molecule has 58 valence electrons. The number of carbonyl (C=O) groups is 1. The standard InChI is InChI=1S/C5H9ClN2O2/c1-2-10-5(9)3-4(7)8-6/h2-3H2,1H3,(H2,7,8). The number of halogens is 1. The molecule has 0 atom stereocenters. The molecule has 0 fully saturated rings. The number of nitrogens with zero attached hydrogens (tertiary/aromatic N) is 1. The van der Waals surface area contributed by atoms with Crippen LogP contribution in [0.4, 0.5) is 0 Å². The van der Waals surface area contributed by atoms with Gasteiger partial charge in [0, 0.05) is 11.8 Å². The normalized spacial score (nSPS) is 11.2. The Hall–Kier alpha value is -0.770. The van der Waals surface area contributed by atoms with E-state index in [0.717, 1.165) is 0 Å². The fraction of sp³-hybridized carbons (Fsp3) is 0.600. The number of hydrogen-bond acceptors (Lipinski definition) is 3. The molecule has 0 rings (SSSR count). The molecule has 0 aromatic rings. The molecule has 0 aromatic heterocycles. The summed E-state index contributed by atoms with van der Waals surface area (Å²) in [5, 5.41) is 0. The fourth-order valence-corrected chi connectivity index (χ4v) is 0.450. The van der Waals surface area contributed by atoms with Crippen LogP contribution in [0.5, 0.6) is 0 Å². The number of rotatable bonds is 3. The highest BCUT2D eigenvalue weighted by Gasteiger charge is 2.03. The molecule has 0 radical (unpaired) electrons. The van der Waals surface area contributed by atoms with Crippen molar-refractivity contribution in [2.75, 3.05) is 6.61 Å². The SMILES string of the molecule is CCOC(=O)CC(N)=NCl. The quantitative estimate of drug-likeness (QED) is 0.374. The van der Waals surface area contributed by atoms with Gasteiger partial charge in [0.2, 0.25) is 0 Å². The molecule has 10 heavy (non-hydrogen) atoms. The van der Waals surface area contributed by atoms with Crippen LogP contribution in [0.2, 0.25) is 0 Å². The van der Waals surface area contributed by atoms with E-state index < -0.39 is 5.97 Å². The molecule has 0 aromatic carbocycles. The minimum Gasteiger partial charge on any atom is -0.466 e. The predicted molar refractivity (Wildman–Crippen MR) is 38.7 cm³/mol. The van der Waals surface area contributed by atoms with Crippen LogP contribution in [-0.2, 0) is 9.53 Å². The highest BCUT2D eigenvalue weighted by molar-refractivity contribution is 6.20. The summed E-state index contributed by atoms with van der Waals surface area (Å²) in [5.74, 6) is -0.343. The van der Waals surface area contributed by atoms with Gasteiger partial charge in [-0.25, -0.2) is 0 Å². The maximum atomic E-state index is 10.6. The Morgan fingerprint density at radius 2 is 2.40 bits per heavy atom. The van der Waals surface area contributed by atoms with Crippen LogP contribution >= 0.6 is 11.8 Å². The molecule has 0 spiro atoms. The first-order valence-electron chi connectivity index (χ1n) is 2.79. The zero-order chi connectivity index (χ0) is 7.98. The number of esters is 1. The van der Waals surface area contributed by atoms with Crippen molar-refractivity contribution >= 4 is 23.6 Å². The monoisotopic (exact) mass is 164 g/mol. The Balaban J connectivity index is 3.58. The Labute approximate surface area is 64.1 Å². The third kappa shape index (κ3) is 4.14. The van der Waals surface area contributed by atoms with Crippen LogP contribution in [0.15, 0.2) is 4.51 Å². The summed E-state index contributed by atoms with van der Waals surface area (Å²) in [5.41, 5.74) is 5.12. The first-order valence-corrected chi connectivity index (χ1v) is 3.13.